The van der Waals surface area contributed by atoms with E-state index in [2.05, 4.69) is 53.0 Å². The van der Waals surface area contributed by atoms with E-state index in [9.17, 15) is 0 Å². The fourth-order valence-corrected chi connectivity index (χ4v) is 3.40. The van der Waals surface area contributed by atoms with Gasteiger partial charge in [0.1, 0.15) is 0 Å². The van der Waals surface area contributed by atoms with Crippen LogP contribution < -0.4 is 5.32 Å². The number of nitrogens with one attached hydrogen (secondary N) is 1. The summed E-state index contributed by atoms with van der Waals surface area (Å²) >= 11 is 0. The maximum atomic E-state index is 3.43. The van der Waals surface area contributed by atoms with Crippen LogP contribution in [-0.2, 0) is 13.0 Å². The number of aromatic nitrogens is 1. The highest BCUT2D eigenvalue weighted by molar-refractivity contribution is 5.84. The number of hydrogen-bond donors (Lipinski definition) is 1. The van der Waals surface area contributed by atoms with Crippen molar-refractivity contribution in [2.45, 2.75) is 39.7 Å². The van der Waals surface area contributed by atoms with E-state index in [-0.39, 0.29) is 0 Å². The minimum Gasteiger partial charge on any atom is -0.347 e. The lowest BCUT2D eigenvalue weighted by Crippen LogP contribution is -2.44. The summed E-state index contributed by atoms with van der Waals surface area (Å²) < 4.78 is 2.47. The molecule has 3 heteroatoms. The fourth-order valence-electron chi connectivity index (χ4n) is 3.40. The standard InChI is InChI=1S/C19H29N3/c1-3-4-10-22-15-17(7-11-21-12-8-20-9-13-21)18-6-5-16(2)14-19(18)22/h5-6,14-15,20H,3-4,7-13H2,1-2H3. The second-order valence-electron chi connectivity index (χ2n) is 6.56. The number of aryl methyl sites for hydroxylation is 2. The molecule has 0 amide bonds. The van der Waals surface area contributed by atoms with Gasteiger partial charge in [0, 0.05) is 56.4 Å². The van der Waals surface area contributed by atoms with E-state index in [1.807, 2.05) is 0 Å². The minimum absolute atomic E-state index is 1.14. The first-order valence-electron chi connectivity index (χ1n) is 8.79. The predicted molar refractivity (Wildman–Crippen MR) is 94.6 cm³/mol. The van der Waals surface area contributed by atoms with Crippen LogP contribution in [0.1, 0.15) is 30.9 Å². The zero-order valence-corrected chi connectivity index (χ0v) is 14.1. The first-order chi connectivity index (χ1) is 10.8. The Labute approximate surface area is 134 Å². The smallest absolute Gasteiger partial charge is 0.0485 e. The first kappa shape index (κ1) is 15.6. The third kappa shape index (κ3) is 3.53. The van der Waals surface area contributed by atoms with Crippen molar-refractivity contribution in [1.29, 1.82) is 0 Å². The van der Waals surface area contributed by atoms with Crippen LogP contribution in [0, 0.1) is 6.92 Å². The lowest BCUT2D eigenvalue weighted by molar-refractivity contribution is 0.244. The Morgan fingerprint density at radius 1 is 1.14 bits per heavy atom. The van der Waals surface area contributed by atoms with E-state index in [4.69, 9.17) is 0 Å². The van der Waals surface area contributed by atoms with Gasteiger partial charge in [0.2, 0.25) is 0 Å². The van der Waals surface area contributed by atoms with Crippen LogP contribution in [0.15, 0.2) is 24.4 Å². The highest BCUT2D eigenvalue weighted by Gasteiger charge is 2.12. The predicted octanol–water partition coefficient (Wildman–Crippen LogP) is 3.20. The van der Waals surface area contributed by atoms with E-state index in [1.54, 1.807) is 0 Å². The summed E-state index contributed by atoms with van der Waals surface area (Å²) in [6, 6.07) is 6.92. The van der Waals surface area contributed by atoms with E-state index in [0.717, 1.165) is 19.6 Å². The van der Waals surface area contributed by atoms with Gasteiger partial charge in [-0.25, -0.2) is 0 Å². The van der Waals surface area contributed by atoms with Gasteiger partial charge in [0.15, 0.2) is 0 Å². The van der Waals surface area contributed by atoms with Crippen molar-refractivity contribution in [1.82, 2.24) is 14.8 Å². The Balaban J connectivity index is 1.78. The number of benzene rings is 1. The molecule has 120 valence electrons. The average Bonchev–Trinajstić information content (AvgIpc) is 2.89. The topological polar surface area (TPSA) is 20.2 Å². The summed E-state index contributed by atoms with van der Waals surface area (Å²) in [5.74, 6) is 0. The van der Waals surface area contributed by atoms with Gasteiger partial charge in [-0.15, -0.1) is 0 Å². The van der Waals surface area contributed by atoms with Crippen molar-refractivity contribution in [2.75, 3.05) is 32.7 Å². The van der Waals surface area contributed by atoms with Crippen LogP contribution in [0.4, 0.5) is 0 Å². The van der Waals surface area contributed by atoms with Gasteiger partial charge in [-0.1, -0.05) is 25.5 Å². The van der Waals surface area contributed by atoms with Crippen molar-refractivity contribution in [3.8, 4) is 0 Å². The second-order valence-corrected chi connectivity index (χ2v) is 6.56. The van der Waals surface area contributed by atoms with E-state index < -0.39 is 0 Å². The van der Waals surface area contributed by atoms with Gasteiger partial charge in [0.05, 0.1) is 0 Å². The molecule has 1 aromatic heterocycles. The Morgan fingerprint density at radius 3 is 2.73 bits per heavy atom. The maximum Gasteiger partial charge on any atom is 0.0485 e. The molecule has 1 aliphatic heterocycles. The molecule has 3 rings (SSSR count). The molecule has 2 heterocycles. The largest absolute Gasteiger partial charge is 0.347 e. The highest BCUT2D eigenvalue weighted by atomic mass is 15.2. The van der Waals surface area contributed by atoms with Gasteiger partial charge in [-0.3, -0.25) is 0 Å². The van der Waals surface area contributed by atoms with Crippen LogP contribution in [0.25, 0.3) is 10.9 Å². The van der Waals surface area contributed by atoms with Crippen molar-refractivity contribution < 1.29 is 0 Å². The van der Waals surface area contributed by atoms with E-state index >= 15 is 0 Å². The molecule has 0 aliphatic carbocycles. The van der Waals surface area contributed by atoms with Gasteiger partial charge < -0.3 is 14.8 Å². The molecule has 1 N–H and O–H groups in total. The number of piperazine rings is 1. The Hall–Kier alpha value is -1.32. The molecule has 22 heavy (non-hydrogen) atoms. The molecular weight excluding hydrogens is 270 g/mol. The minimum atomic E-state index is 1.14. The molecular formula is C19H29N3. The summed E-state index contributed by atoms with van der Waals surface area (Å²) in [4.78, 5) is 2.58. The molecule has 1 saturated heterocycles. The molecule has 3 nitrogen and oxygen atoms in total. The summed E-state index contributed by atoms with van der Waals surface area (Å²) in [5.41, 5.74) is 4.30. The van der Waals surface area contributed by atoms with Crippen LogP contribution in [0.3, 0.4) is 0 Å². The normalized spacial score (nSPS) is 16.5. The number of hydrogen-bond acceptors (Lipinski definition) is 2. The first-order valence-corrected chi connectivity index (χ1v) is 8.79. The second kappa shape index (κ2) is 7.30. The Bertz CT molecular complexity index is 608. The van der Waals surface area contributed by atoms with Crippen molar-refractivity contribution in [3.05, 3.63) is 35.5 Å². The molecule has 1 fully saturated rings. The third-order valence-electron chi connectivity index (χ3n) is 4.78. The van der Waals surface area contributed by atoms with Gasteiger partial charge >= 0.3 is 0 Å². The molecule has 0 unspecified atom stereocenters. The molecule has 1 aromatic carbocycles. The van der Waals surface area contributed by atoms with Gasteiger partial charge in [-0.2, -0.15) is 0 Å². The van der Waals surface area contributed by atoms with Crippen molar-refractivity contribution >= 4 is 10.9 Å². The Kier molecular flexibility index (Phi) is 5.16. The summed E-state index contributed by atoms with van der Waals surface area (Å²) in [6.45, 7) is 11.4. The molecule has 0 spiro atoms. The molecule has 0 bridgehead atoms. The van der Waals surface area contributed by atoms with E-state index in [0.29, 0.717) is 0 Å². The SMILES string of the molecule is CCCCn1cc(CCN2CCNCC2)c2ccc(C)cc21. The lowest BCUT2D eigenvalue weighted by atomic mass is 10.1. The van der Waals surface area contributed by atoms with Crippen LogP contribution >= 0.6 is 0 Å². The summed E-state index contributed by atoms with van der Waals surface area (Å²) in [7, 11) is 0. The van der Waals surface area contributed by atoms with Crippen LogP contribution in [0.5, 0.6) is 0 Å². The van der Waals surface area contributed by atoms with Gasteiger partial charge in [-0.05, 0) is 37.0 Å². The zero-order valence-electron chi connectivity index (χ0n) is 14.1. The number of rotatable bonds is 6. The molecule has 2 aromatic rings. The average molecular weight is 299 g/mol. The lowest BCUT2D eigenvalue weighted by Gasteiger charge is -2.26. The fraction of sp³-hybridized carbons (Fsp3) is 0.579. The zero-order chi connectivity index (χ0) is 15.4. The highest BCUT2D eigenvalue weighted by Crippen LogP contribution is 2.24. The van der Waals surface area contributed by atoms with Crippen molar-refractivity contribution in [2.24, 2.45) is 0 Å². The number of unbranched alkanes of at least 4 members (excludes halogenated alkanes) is 1. The van der Waals surface area contributed by atoms with Crippen LogP contribution in [-0.4, -0.2) is 42.2 Å². The number of nitrogens with zero attached hydrogens (tertiary/aromatic N) is 2. The summed E-state index contributed by atoms with van der Waals surface area (Å²) in [6.07, 6.45) is 6.08. The molecule has 1 aliphatic rings. The molecule has 0 atom stereocenters. The quantitative estimate of drug-likeness (QED) is 0.884. The Morgan fingerprint density at radius 2 is 1.95 bits per heavy atom. The van der Waals surface area contributed by atoms with E-state index in [1.165, 1.54) is 60.9 Å². The number of fused-ring (bicyclic) bond motifs is 1. The van der Waals surface area contributed by atoms with Gasteiger partial charge in [0.25, 0.3) is 0 Å². The maximum absolute atomic E-state index is 3.43. The molecule has 0 saturated carbocycles. The third-order valence-corrected chi connectivity index (χ3v) is 4.78. The van der Waals surface area contributed by atoms with Crippen molar-refractivity contribution in [3.63, 3.8) is 0 Å². The van der Waals surface area contributed by atoms with Crippen LogP contribution in [0.2, 0.25) is 0 Å². The monoisotopic (exact) mass is 299 g/mol. The summed E-state index contributed by atoms with van der Waals surface area (Å²) in [5, 5.41) is 4.89. The molecule has 0 radical (unpaired) electrons.